The summed E-state index contributed by atoms with van der Waals surface area (Å²) in [7, 11) is -4.50. The van der Waals surface area contributed by atoms with Gasteiger partial charge in [-0.2, -0.15) is 0 Å². The molecule has 0 N–H and O–H groups in total. The number of ether oxygens (including phenoxy) is 2. The fourth-order valence-electron chi connectivity index (χ4n) is 6.19. The summed E-state index contributed by atoms with van der Waals surface area (Å²) in [6.07, 6.45) is 11.9. The van der Waals surface area contributed by atoms with Crippen molar-refractivity contribution in [2.24, 2.45) is 33.7 Å². The van der Waals surface area contributed by atoms with Crippen LogP contribution in [0.25, 0.3) is 20.9 Å². The first-order chi connectivity index (χ1) is 18.1. The quantitative estimate of drug-likeness (QED) is 0.0288. The number of hydrogen-bond donors (Lipinski definition) is 0. The topological polar surface area (TPSA) is 195 Å². The third kappa shape index (κ3) is 8.28. The standard InChI is InChI=1S/C23H31N6O8P.Na/c1-15(30)4-6-18-17(11-13-33-14-34-38(32,36-28-26-24)37-29-27-25)5-7-20-19(18)10-12-23(3)21(20)8-9-22(23)35-16(2)31;/h4,6,11,13,19-22H,5,7-10,12,14H2,1-3H3;/q;+1/b6-4+,13-11+;/t19?,20?,21?,22-,23-;/m0./s1. The molecule has 206 valence electrons. The van der Waals surface area contributed by atoms with Crippen LogP contribution in [-0.4, -0.2) is 24.6 Å². The van der Waals surface area contributed by atoms with E-state index in [0.717, 1.165) is 49.7 Å². The third-order valence-corrected chi connectivity index (χ3v) is 8.63. The molecule has 0 aromatic heterocycles. The number of hydrogen-bond acceptors (Lipinski definition) is 10. The maximum Gasteiger partial charge on any atom is 1.00 e. The zero-order valence-corrected chi connectivity index (χ0v) is 25.4. The number of carbonyl (C=O) groups excluding carboxylic acids is 2. The smallest absolute Gasteiger partial charge is 0.474 e. The van der Waals surface area contributed by atoms with E-state index in [2.05, 4.69) is 36.6 Å². The molecule has 0 heterocycles. The monoisotopic (exact) mass is 573 g/mol. The fraction of sp³-hybridized carbons (Fsp3) is 0.652. The van der Waals surface area contributed by atoms with Crippen molar-refractivity contribution in [1.82, 2.24) is 0 Å². The molecule has 2 saturated carbocycles. The van der Waals surface area contributed by atoms with Crippen LogP contribution in [0, 0.1) is 23.2 Å². The molecule has 0 aromatic carbocycles. The molecule has 2 fully saturated rings. The Morgan fingerprint density at radius 1 is 1.10 bits per heavy atom. The maximum absolute atomic E-state index is 12.2. The second kappa shape index (κ2) is 14.8. The summed E-state index contributed by atoms with van der Waals surface area (Å²) in [6, 6.07) is 0. The predicted molar refractivity (Wildman–Crippen MR) is 133 cm³/mol. The van der Waals surface area contributed by atoms with Gasteiger partial charge in [0.05, 0.1) is 6.26 Å². The Balaban J connectivity index is 0.00000533. The zero-order chi connectivity index (χ0) is 27.8. The number of azide groups is 2. The number of allylic oxidation sites excluding steroid dienone is 5. The number of nitrogens with zero attached hydrogens (tertiary/aromatic N) is 6. The SMILES string of the molecule is CC(=O)/C=C/C1=C(/C=C/OCOP(=O)(ON=[N+]=[N-])ON=[N+]=[N-])CCC2C1CC[C@@]1(C)C2CC[C@@H]1OC(C)=O.[Na+]. The van der Waals surface area contributed by atoms with E-state index in [1.807, 2.05) is 6.08 Å². The molecule has 5 atom stereocenters. The molecule has 39 heavy (non-hydrogen) atoms. The van der Waals surface area contributed by atoms with Crippen molar-refractivity contribution >= 4 is 19.6 Å². The Hall–Kier alpha value is -2.43. The molecule has 3 aliphatic carbocycles. The first kappa shape index (κ1) is 32.8. The molecular formula is C23H31N6NaO8P+. The van der Waals surface area contributed by atoms with Crippen molar-refractivity contribution in [3.8, 4) is 0 Å². The summed E-state index contributed by atoms with van der Waals surface area (Å²) in [5.41, 5.74) is 18.6. The largest absolute Gasteiger partial charge is 1.00 e. The van der Waals surface area contributed by atoms with Crippen LogP contribution in [0.5, 0.6) is 0 Å². The van der Waals surface area contributed by atoms with E-state index in [0.29, 0.717) is 11.8 Å². The fourth-order valence-corrected chi connectivity index (χ4v) is 6.75. The zero-order valence-electron chi connectivity index (χ0n) is 22.5. The van der Waals surface area contributed by atoms with E-state index >= 15 is 0 Å². The van der Waals surface area contributed by atoms with Gasteiger partial charge in [-0.15, -0.1) is 0 Å². The van der Waals surface area contributed by atoms with Crippen molar-refractivity contribution < 1.29 is 67.0 Å². The van der Waals surface area contributed by atoms with Crippen molar-refractivity contribution in [3.05, 3.63) is 56.5 Å². The Kier molecular flexibility index (Phi) is 12.5. The number of rotatable bonds is 12. The second-order valence-electron chi connectivity index (χ2n) is 9.73. The molecule has 0 bridgehead atoms. The van der Waals surface area contributed by atoms with Crippen LogP contribution in [0.4, 0.5) is 0 Å². The van der Waals surface area contributed by atoms with Gasteiger partial charge in [0.2, 0.25) is 6.79 Å². The van der Waals surface area contributed by atoms with Crippen LogP contribution in [0.1, 0.15) is 59.3 Å². The van der Waals surface area contributed by atoms with Crippen molar-refractivity contribution in [2.45, 2.75) is 65.4 Å². The molecule has 16 heteroatoms. The summed E-state index contributed by atoms with van der Waals surface area (Å²) in [5, 5.41) is 5.28. The van der Waals surface area contributed by atoms with E-state index in [9.17, 15) is 14.2 Å². The number of carbonyl (C=O) groups is 2. The van der Waals surface area contributed by atoms with Crippen molar-refractivity contribution in [1.29, 1.82) is 0 Å². The van der Waals surface area contributed by atoms with Gasteiger partial charge in [-0.25, -0.2) is 9.09 Å². The van der Waals surface area contributed by atoms with Gasteiger partial charge in [0.25, 0.3) is 0 Å². The molecule has 3 aliphatic rings. The van der Waals surface area contributed by atoms with Crippen LogP contribution in [0.2, 0.25) is 0 Å². The molecule has 0 amide bonds. The summed E-state index contributed by atoms with van der Waals surface area (Å²) in [4.78, 5) is 28.0. The van der Waals surface area contributed by atoms with E-state index < -0.39 is 14.6 Å². The first-order valence-corrected chi connectivity index (χ1v) is 13.7. The van der Waals surface area contributed by atoms with Gasteiger partial charge in [-0.3, -0.25) is 9.59 Å². The molecular weight excluding hydrogens is 542 g/mol. The van der Waals surface area contributed by atoms with Gasteiger partial charge in [0, 0.05) is 22.2 Å². The van der Waals surface area contributed by atoms with Gasteiger partial charge in [0.15, 0.2) is 5.78 Å². The Labute approximate surface area is 248 Å². The van der Waals surface area contributed by atoms with Crippen LogP contribution in [0.3, 0.4) is 0 Å². The molecule has 0 saturated heterocycles. The predicted octanol–water partition coefficient (Wildman–Crippen LogP) is 3.70. The molecule has 3 unspecified atom stereocenters. The molecule has 3 rings (SSSR count). The molecule has 0 aliphatic heterocycles. The number of fused-ring (bicyclic) bond motifs is 3. The van der Waals surface area contributed by atoms with Gasteiger partial charge < -0.3 is 18.7 Å². The Bertz CT molecular complexity index is 1140. The third-order valence-electron chi connectivity index (χ3n) is 7.66. The van der Waals surface area contributed by atoms with Crippen molar-refractivity contribution in [3.63, 3.8) is 0 Å². The van der Waals surface area contributed by atoms with Gasteiger partial charge in [-0.05, 0) is 97.6 Å². The summed E-state index contributed by atoms with van der Waals surface area (Å²) < 4.78 is 36.4. The minimum atomic E-state index is -4.50. The van der Waals surface area contributed by atoms with Crippen molar-refractivity contribution in [2.75, 3.05) is 6.79 Å². The maximum atomic E-state index is 12.2. The van der Waals surface area contributed by atoms with Gasteiger partial charge in [-0.1, -0.05) is 13.0 Å². The number of esters is 1. The number of ketones is 1. The van der Waals surface area contributed by atoms with Gasteiger partial charge in [0.1, 0.15) is 16.7 Å². The van der Waals surface area contributed by atoms with Crippen LogP contribution < -0.4 is 29.6 Å². The molecule has 14 nitrogen and oxygen atoms in total. The van der Waals surface area contributed by atoms with E-state index in [1.54, 1.807) is 12.2 Å². The summed E-state index contributed by atoms with van der Waals surface area (Å²) in [5.74, 6) is 0.778. The minimum Gasteiger partial charge on any atom is -0.474 e. The Morgan fingerprint density at radius 3 is 2.41 bits per heavy atom. The van der Waals surface area contributed by atoms with E-state index in [-0.39, 0.29) is 58.7 Å². The van der Waals surface area contributed by atoms with E-state index in [4.69, 9.17) is 25.1 Å². The van der Waals surface area contributed by atoms with Crippen LogP contribution in [0.15, 0.2) is 46.2 Å². The normalized spacial score (nSPS) is 29.1. The average molecular weight is 573 g/mol. The Morgan fingerprint density at radius 2 is 1.79 bits per heavy atom. The number of phosphoric acid groups is 1. The second-order valence-corrected chi connectivity index (χ2v) is 11.2. The summed E-state index contributed by atoms with van der Waals surface area (Å²) in [6.45, 7) is 4.58. The van der Waals surface area contributed by atoms with Crippen LogP contribution >= 0.6 is 7.82 Å². The van der Waals surface area contributed by atoms with Crippen LogP contribution in [-0.2, 0) is 37.4 Å². The molecule has 0 spiro atoms. The molecule has 0 aromatic rings. The summed E-state index contributed by atoms with van der Waals surface area (Å²) >= 11 is 0. The average Bonchev–Trinajstić information content (AvgIpc) is 3.20. The van der Waals surface area contributed by atoms with Gasteiger partial charge >= 0.3 is 43.3 Å². The first-order valence-electron chi connectivity index (χ1n) is 12.2. The minimum absolute atomic E-state index is 0. The van der Waals surface area contributed by atoms with E-state index in [1.165, 1.54) is 20.1 Å². The molecule has 0 radical (unpaired) electrons.